The van der Waals surface area contributed by atoms with Crippen LogP contribution < -0.4 is 0 Å². The highest BCUT2D eigenvalue weighted by Crippen LogP contribution is 1.89. The molecule has 14 heavy (non-hydrogen) atoms. The second-order valence-electron chi connectivity index (χ2n) is 2.87. The van der Waals surface area contributed by atoms with Crippen molar-refractivity contribution in [3.8, 4) is 0 Å². The fourth-order valence-corrected chi connectivity index (χ4v) is 0.849. The number of unbranched alkanes of at least 4 members (excludes halogenated alkanes) is 1. The van der Waals surface area contributed by atoms with Gasteiger partial charge in [-0.3, -0.25) is 9.98 Å². The maximum Gasteiger partial charge on any atom is 0.0389 e. The average Bonchev–Trinajstić information content (AvgIpc) is 2.21. The van der Waals surface area contributed by atoms with Gasteiger partial charge in [-0.05, 0) is 38.8 Å². The largest absolute Gasteiger partial charge is 0.293 e. The lowest BCUT2D eigenvalue weighted by Gasteiger charge is -1.91. The molecule has 0 aliphatic carbocycles. The maximum absolute atomic E-state index is 4.22. The Morgan fingerprint density at radius 3 is 1.57 bits per heavy atom. The SMILES string of the molecule is C/C=C\C=NCCCCN=C/C=C/C. The molecule has 0 heterocycles. The van der Waals surface area contributed by atoms with Gasteiger partial charge < -0.3 is 0 Å². The number of hydrogen-bond acceptors (Lipinski definition) is 2. The van der Waals surface area contributed by atoms with Crippen molar-refractivity contribution >= 4 is 12.4 Å². The molecule has 0 fully saturated rings. The van der Waals surface area contributed by atoms with E-state index in [1.807, 2.05) is 50.6 Å². The summed E-state index contributed by atoms with van der Waals surface area (Å²) in [5.74, 6) is 0. The van der Waals surface area contributed by atoms with Gasteiger partial charge in [-0.2, -0.15) is 0 Å². The first-order valence-electron chi connectivity index (χ1n) is 5.14. The first kappa shape index (κ1) is 12.8. The van der Waals surface area contributed by atoms with Crippen molar-refractivity contribution in [2.75, 3.05) is 13.1 Å². The van der Waals surface area contributed by atoms with E-state index in [1.165, 1.54) is 0 Å². The summed E-state index contributed by atoms with van der Waals surface area (Å²) in [4.78, 5) is 8.43. The standard InChI is InChI=1S/C12H20N2/c1-3-5-9-13-11-7-8-12-14-10-6-4-2/h3-6,9-10H,7-8,11-12H2,1-2H3/b5-3-,6-4+,13-9?,14-10?. The number of allylic oxidation sites excluding steroid dienone is 4. The van der Waals surface area contributed by atoms with Crippen LogP contribution in [0.4, 0.5) is 0 Å². The van der Waals surface area contributed by atoms with Crippen molar-refractivity contribution in [3.63, 3.8) is 0 Å². The molecule has 0 aromatic heterocycles. The quantitative estimate of drug-likeness (QED) is 0.437. The summed E-state index contributed by atoms with van der Waals surface area (Å²) in [5.41, 5.74) is 0. The molecular formula is C12H20N2. The Kier molecular flexibility index (Phi) is 10.8. The normalized spacial score (nSPS) is 13.0. The highest BCUT2D eigenvalue weighted by molar-refractivity contribution is 5.71. The summed E-state index contributed by atoms with van der Waals surface area (Å²) in [5, 5.41) is 0. The molecule has 2 nitrogen and oxygen atoms in total. The first-order chi connectivity index (χ1) is 6.91. The Morgan fingerprint density at radius 1 is 0.786 bits per heavy atom. The molecule has 0 amide bonds. The number of rotatable bonds is 7. The van der Waals surface area contributed by atoms with Crippen molar-refractivity contribution in [2.24, 2.45) is 9.98 Å². The summed E-state index contributed by atoms with van der Waals surface area (Å²) < 4.78 is 0. The predicted octanol–water partition coefficient (Wildman–Crippen LogP) is 3.06. The molecule has 2 heteroatoms. The molecule has 0 bridgehead atoms. The van der Waals surface area contributed by atoms with E-state index in [9.17, 15) is 0 Å². The monoisotopic (exact) mass is 192 g/mol. The average molecular weight is 192 g/mol. The van der Waals surface area contributed by atoms with E-state index < -0.39 is 0 Å². The van der Waals surface area contributed by atoms with Crippen LogP contribution in [-0.4, -0.2) is 25.5 Å². The van der Waals surface area contributed by atoms with Crippen molar-refractivity contribution in [1.29, 1.82) is 0 Å². The first-order valence-corrected chi connectivity index (χ1v) is 5.14. The molecule has 0 unspecified atom stereocenters. The van der Waals surface area contributed by atoms with Gasteiger partial charge in [-0.25, -0.2) is 0 Å². The van der Waals surface area contributed by atoms with Crippen molar-refractivity contribution < 1.29 is 0 Å². The van der Waals surface area contributed by atoms with E-state index in [2.05, 4.69) is 9.98 Å². The molecule has 0 aliphatic rings. The molecule has 0 rings (SSSR count). The molecular weight excluding hydrogens is 172 g/mol. The zero-order valence-corrected chi connectivity index (χ0v) is 9.19. The minimum atomic E-state index is 0.906. The molecule has 0 atom stereocenters. The van der Waals surface area contributed by atoms with Crippen molar-refractivity contribution in [3.05, 3.63) is 24.3 Å². The van der Waals surface area contributed by atoms with Gasteiger partial charge in [0.2, 0.25) is 0 Å². The highest BCUT2D eigenvalue weighted by Gasteiger charge is 1.82. The third-order valence-corrected chi connectivity index (χ3v) is 1.59. The van der Waals surface area contributed by atoms with E-state index >= 15 is 0 Å². The van der Waals surface area contributed by atoms with E-state index in [0.717, 1.165) is 25.9 Å². The van der Waals surface area contributed by atoms with Crippen LogP contribution in [0.1, 0.15) is 26.7 Å². The Labute approximate surface area is 87.2 Å². The minimum absolute atomic E-state index is 0.906. The molecule has 0 saturated heterocycles. The maximum atomic E-state index is 4.22. The third kappa shape index (κ3) is 10.8. The lowest BCUT2D eigenvalue weighted by molar-refractivity contribution is 0.760. The summed E-state index contributed by atoms with van der Waals surface area (Å²) in [6, 6.07) is 0. The smallest absolute Gasteiger partial charge is 0.0389 e. The van der Waals surface area contributed by atoms with E-state index in [1.54, 1.807) is 0 Å². The lowest BCUT2D eigenvalue weighted by Crippen LogP contribution is -1.86. The van der Waals surface area contributed by atoms with Crippen LogP contribution >= 0.6 is 0 Å². The zero-order chi connectivity index (χ0) is 10.5. The van der Waals surface area contributed by atoms with Crippen LogP contribution in [0.25, 0.3) is 0 Å². The van der Waals surface area contributed by atoms with Gasteiger partial charge in [-0.1, -0.05) is 12.2 Å². The molecule has 78 valence electrons. The topological polar surface area (TPSA) is 24.7 Å². The van der Waals surface area contributed by atoms with Gasteiger partial charge in [0.25, 0.3) is 0 Å². The molecule has 0 aliphatic heterocycles. The molecule has 0 aromatic rings. The molecule has 0 spiro atoms. The van der Waals surface area contributed by atoms with E-state index in [4.69, 9.17) is 0 Å². The summed E-state index contributed by atoms with van der Waals surface area (Å²) in [7, 11) is 0. The second-order valence-corrected chi connectivity index (χ2v) is 2.87. The number of hydrogen-bond donors (Lipinski definition) is 0. The number of aliphatic imine (C=N–C) groups is 2. The molecule has 0 saturated carbocycles. The Hall–Kier alpha value is -1.18. The van der Waals surface area contributed by atoms with Gasteiger partial charge in [0.1, 0.15) is 0 Å². The fraction of sp³-hybridized carbons (Fsp3) is 0.500. The van der Waals surface area contributed by atoms with Gasteiger partial charge in [-0.15, -0.1) is 0 Å². The van der Waals surface area contributed by atoms with Gasteiger partial charge >= 0.3 is 0 Å². The van der Waals surface area contributed by atoms with Gasteiger partial charge in [0.15, 0.2) is 0 Å². The predicted molar refractivity (Wildman–Crippen MR) is 65.6 cm³/mol. The molecule has 0 aromatic carbocycles. The Bertz CT molecular complexity index is 188. The summed E-state index contributed by atoms with van der Waals surface area (Å²) in [6.45, 7) is 5.79. The third-order valence-electron chi connectivity index (χ3n) is 1.59. The van der Waals surface area contributed by atoms with Crippen LogP contribution in [0.15, 0.2) is 34.3 Å². The summed E-state index contributed by atoms with van der Waals surface area (Å²) in [6.07, 6.45) is 13.8. The molecule has 0 N–H and O–H groups in total. The van der Waals surface area contributed by atoms with Gasteiger partial charge in [0, 0.05) is 25.5 Å². The van der Waals surface area contributed by atoms with Crippen LogP contribution in [0, 0.1) is 0 Å². The van der Waals surface area contributed by atoms with Crippen LogP contribution in [0.2, 0.25) is 0 Å². The van der Waals surface area contributed by atoms with E-state index in [-0.39, 0.29) is 0 Å². The summed E-state index contributed by atoms with van der Waals surface area (Å²) >= 11 is 0. The van der Waals surface area contributed by atoms with Crippen LogP contribution in [0.3, 0.4) is 0 Å². The minimum Gasteiger partial charge on any atom is -0.293 e. The van der Waals surface area contributed by atoms with Gasteiger partial charge in [0.05, 0.1) is 0 Å². The Balaban J connectivity index is 3.21. The van der Waals surface area contributed by atoms with Crippen LogP contribution in [-0.2, 0) is 0 Å². The second kappa shape index (κ2) is 11.8. The van der Waals surface area contributed by atoms with E-state index in [0.29, 0.717) is 0 Å². The Morgan fingerprint density at radius 2 is 1.21 bits per heavy atom. The zero-order valence-electron chi connectivity index (χ0n) is 9.19. The van der Waals surface area contributed by atoms with Crippen LogP contribution in [0.5, 0.6) is 0 Å². The lowest BCUT2D eigenvalue weighted by atomic mass is 10.3. The van der Waals surface area contributed by atoms with Crippen molar-refractivity contribution in [2.45, 2.75) is 26.7 Å². The molecule has 0 radical (unpaired) electrons. The number of nitrogens with zero attached hydrogens (tertiary/aromatic N) is 2. The van der Waals surface area contributed by atoms with Crippen molar-refractivity contribution in [1.82, 2.24) is 0 Å². The highest BCUT2D eigenvalue weighted by atomic mass is 14.7. The fourth-order valence-electron chi connectivity index (χ4n) is 0.849.